The van der Waals surface area contributed by atoms with E-state index in [1.54, 1.807) is 0 Å². The van der Waals surface area contributed by atoms with Gasteiger partial charge in [0.1, 0.15) is 5.84 Å². The van der Waals surface area contributed by atoms with Crippen molar-refractivity contribution in [1.29, 1.82) is 10.8 Å². The molecule has 0 aliphatic heterocycles. The van der Waals surface area contributed by atoms with Gasteiger partial charge in [-0.25, -0.2) is 0 Å². The van der Waals surface area contributed by atoms with Crippen molar-refractivity contribution in [2.24, 2.45) is 0 Å². The van der Waals surface area contributed by atoms with Crippen molar-refractivity contribution in [3.05, 3.63) is 174 Å². The molecular formula is C44H28N4. The Morgan fingerprint density at radius 1 is 0.417 bits per heavy atom. The Labute approximate surface area is 276 Å². The molecule has 0 atom stereocenters. The second kappa shape index (κ2) is 9.99. The minimum absolute atomic E-state index is 0.352. The summed E-state index contributed by atoms with van der Waals surface area (Å²) >= 11 is 0. The molecule has 0 saturated heterocycles. The highest BCUT2D eigenvalue weighted by Gasteiger charge is 2.26. The third-order valence-electron chi connectivity index (χ3n) is 9.96. The molecule has 4 heteroatoms. The minimum Gasteiger partial charge on any atom is -0.308 e. The number of para-hydroxylation sites is 3. The summed E-state index contributed by atoms with van der Waals surface area (Å²) in [5.41, 5.74) is 10.5. The Bertz CT molecular complexity index is 2910. The van der Waals surface area contributed by atoms with Crippen LogP contribution in [0.2, 0.25) is 0 Å². The van der Waals surface area contributed by atoms with Crippen LogP contribution in [0.5, 0.6) is 0 Å². The first kappa shape index (κ1) is 26.7. The number of rotatable bonds is 4. The fourth-order valence-electron chi connectivity index (χ4n) is 7.83. The summed E-state index contributed by atoms with van der Waals surface area (Å²) in [6, 6.07) is 54.3. The number of hydrogen-bond donors (Lipinski definition) is 2. The second-order valence-electron chi connectivity index (χ2n) is 12.5. The van der Waals surface area contributed by atoms with Gasteiger partial charge in [-0.15, -0.1) is 0 Å². The van der Waals surface area contributed by atoms with Gasteiger partial charge in [-0.05, 0) is 35.4 Å². The van der Waals surface area contributed by atoms with Crippen molar-refractivity contribution in [3.8, 4) is 11.1 Å². The average Bonchev–Trinajstić information content (AvgIpc) is 3.79. The molecule has 4 nitrogen and oxygen atoms in total. The van der Waals surface area contributed by atoms with Crippen LogP contribution in [0.25, 0.3) is 71.0 Å². The van der Waals surface area contributed by atoms with Crippen molar-refractivity contribution in [2.75, 3.05) is 0 Å². The standard InChI is InChI=1S/C44H28N4/c45-41(29-24-22-28(23-25-29)27-12-2-1-3-13-27)32-16-4-5-17-33(32)44(46)48-38-20-10-7-15-31(38)36-26-35-30-14-6-9-19-37(30)47-39-21-11-8-18-34(39)40(42(35)47)43(36)48/h1-26,45-46H. The summed E-state index contributed by atoms with van der Waals surface area (Å²) in [6.07, 6.45) is 0. The van der Waals surface area contributed by atoms with Crippen molar-refractivity contribution >= 4 is 71.4 Å². The van der Waals surface area contributed by atoms with Crippen LogP contribution in [-0.2, 0) is 0 Å². The van der Waals surface area contributed by atoms with Crippen LogP contribution in [0.4, 0.5) is 0 Å². The lowest BCUT2D eigenvalue weighted by Crippen LogP contribution is -2.17. The number of aromatic nitrogens is 2. The first-order valence-corrected chi connectivity index (χ1v) is 16.2. The molecule has 0 aliphatic carbocycles. The van der Waals surface area contributed by atoms with E-state index in [2.05, 4.69) is 112 Å². The molecule has 10 rings (SSSR count). The third kappa shape index (κ3) is 3.60. The molecule has 48 heavy (non-hydrogen) atoms. The fourth-order valence-corrected chi connectivity index (χ4v) is 7.83. The zero-order valence-corrected chi connectivity index (χ0v) is 25.9. The predicted molar refractivity (Wildman–Crippen MR) is 201 cm³/mol. The summed E-state index contributed by atoms with van der Waals surface area (Å²) in [4.78, 5) is 0. The molecule has 0 radical (unpaired) electrons. The summed E-state index contributed by atoms with van der Waals surface area (Å²) in [5, 5.41) is 26.3. The molecule has 0 saturated carbocycles. The highest BCUT2D eigenvalue weighted by Crippen LogP contribution is 2.45. The molecule has 0 amide bonds. The van der Waals surface area contributed by atoms with E-state index in [4.69, 9.17) is 0 Å². The van der Waals surface area contributed by atoms with Crippen LogP contribution in [0.15, 0.2) is 158 Å². The molecule has 10 aromatic rings. The van der Waals surface area contributed by atoms with Gasteiger partial charge in [-0.3, -0.25) is 15.4 Å². The quantitative estimate of drug-likeness (QED) is 0.147. The summed E-state index contributed by atoms with van der Waals surface area (Å²) in [5.74, 6) is 0.352. The Morgan fingerprint density at radius 2 is 0.938 bits per heavy atom. The van der Waals surface area contributed by atoms with Gasteiger partial charge < -0.3 is 4.40 Å². The minimum atomic E-state index is 0.352. The highest BCUT2D eigenvalue weighted by atomic mass is 15.0. The number of benzene rings is 7. The number of fused-ring (bicyclic) bond motifs is 10. The van der Waals surface area contributed by atoms with E-state index in [1.807, 2.05) is 54.6 Å². The van der Waals surface area contributed by atoms with Crippen LogP contribution in [-0.4, -0.2) is 20.5 Å². The molecule has 0 aliphatic rings. The monoisotopic (exact) mass is 612 g/mol. The first-order chi connectivity index (χ1) is 23.7. The zero-order chi connectivity index (χ0) is 31.9. The Kier molecular flexibility index (Phi) is 5.55. The average molecular weight is 613 g/mol. The van der Waals surface area contributed by atoms with Gasteiger partial charge in [-0.2, -0.15) is 0 Å². The maximum Gasteiger partial charge on any atom is 0.137 e. The van der Waals surface area contributed by atoms with E-state index in [9.17, 15) is 10.8 Å². The Morgan fingerprint density at radius 3 is 1.67 bits per heavy atom. The van der Waals surface area contributed by atoms with Gasteiger partial charge in [0.2, 0.25) is 0 Å². The zero-order valence-electron chi connectivity index (χ0n) is 25.9. The van der Waals surface area contributed by atoms with Gasteiger partial charge in [-0.1, -0.05) is 133 Å². The molecule has 0 spiro atoms. The van der Waals surface area contributed by atoms with Gasteiger partial charge in [0.25, 0.3) is 0 Å². The van der Waals surface area contributed by atoms with E-state index >= 15 is 0 Å². The van der Waals surface area contributed by atoms with Crippen molar-refractivity contribution in [1.82, 2.24) is 8.97 Å². The predicted octanol–water partition coefficient (Wildman–Crippen LogP) is 10.9. The largest absolute Gasteiger partial charge is 0.308 e. The Hall–Kier alpha value is -6.52. The van der Waals surface area contributed by atoms with Crippen molar-refractivity contribution < 1.29 is 0 Å². The molecule has 224 valence electrons. The van der Waals surface area contributed by atoms with E-state index in [0.717, 1.165) is 60.5 Å². The van der Waals surface area contributed by atoms with E-state index < -0.39 is 0 Å². The van der Waals surface area contributed by atoms with Gasteiger partial charge in [0, 0.05) is 49.0 Å². The highest BCUT2D eigenvalue weighted by molar-refractivity contribution is 6.36. The molecule has 3 aromatic heterocycles. The van der Waals surface area contributed by atoms with Crippen LogP contribution in [0, 0.1) is 10.8 Å². The molecule has 0 bridgehead atoms. The molecule has 0 fully saturated rings. The smallest absolute Gasteiger partial charge is 0.137 e. The second-order valence-corrected chi connectivity index (χ2v) is 12.5. The number of nitrogens with one attached hydrogen (secondary N) is 2. The molecule has 2 N–H and O–H groups in total. The van der Waals surface area contributed by atoms with Crippen LogP contribution < -0.4 is 0 Å². The third-order valence-corrected chi connectivity index (χ3v) is 9.96. The van der Waals surface area contributed by atoms with E-state index in [1.165, 1.54) is 27.2 Å². The summed E-state index contributed by atoms with van der Waals surface area (Å²) in [6.45, 7) is 0. The Balaban J connectivity index is 1.23. The van der Waals surface area contributed by atoms with Gasteiger partial charge >= 0.3 is 0 Å². The van der Waals surface area contributed by atoms with E-state index in [-0.39, 0.29) is 0 Å². The van der Waals surface area contributed by atoms with Gasteiger partial charge in [0.05, 0.1) is 33.3 Å². The topological polar surface area (TPSA) is 57.0 Å². The fraction of sp³-hybridized carbons (Fsp3) is 0. The van der Waals surface area contributed by atoms with Crippen molar-refractivity contribution in [3.63, 3.8) is 0 Å². The van der Waals surface area contributed by atoms with Crippen molar-refractivity contribution in [2.45, 2.75) is 0 Å². The normalized spacial score (nSPS) is 11.9. The maximum atomic E-state index is 9.94. The molecule has 7 aromatic carbocycles. The van der Waals surface area contributed by atoms with Crippen LogP contribution in [0.3, 0.4) is 0 Å². The molecule has 0 unspecified atom stereocenters. The van der Waals surface area contributed by atoms with Crippen LogP contribution in [0.1, 0.15) is 16.7 Å². The SMILES string of the molecule is N=C(c1ccc(-c2ccccc2)cc1)c1ccccc1C(=N)n1c2ccccc2c2cc3c4ccccc4n4c5ccccc5c(c21)c34. The lowest BCUT2D eigenvalue weighted by Gasteiger charge is -2.15. The van der Waals surface area contributed by atoms with Crippen LogP contribution >= 0.6 is 0 Å². The number of nitrogens with zero attached hydrogens (tertiary/aromatic N) is 2. The molecular weight excluding hydrogens is 585 g/mol. The summed E-state index contributed by atoms with van der Waals surface area (Å²) < 4.78 is 4.51. The first-order valence-electron chi connectivity index (χ1n) is 16.2. The lowest BCUT2D eigenvalue weighted by molar-refractivity contribution is 1.22. The number of hydrogen-bond acceptors (Lipinski definition) is 2. The van der Waals surface area contributed by atoms with E-state index in [0.29, 0.717) is 11.5 Å². The summed E-state index contributed by atoms with van der Waals surface area (Å²) in [7, 11) is 0. The molecule has 3 heterocycles. The maximum absolute atomic E-state index is 9.94. The lowest BCUT2D eigenvalue weighted by atomic mass is 9.95. The van der Waals surface area contributed by atoms with Gasteiger partial charge in [0.15, 0.2) is 0 Å².